The quantitative estimate of drug-likeness (QED) is 0.699. The zero-order valence-corrected chi connectivity index (χ0v) is 20.2. The number of hydrogen-bond acceptors (Lipinski definition) is 6. The van der Waals surface area contributed by atoms with E-state index in [1.807, 2.05) is 58.0 Å². The van der Waals surface area contributed by atoms with E-state index < -0.39 is 6.10 Å². The highest BCUT2D eigenvalue weighted by Crippen LogP contribution is 2.31. The van der Waals surface area contributed by atoms with Crippen molar-refractivity contribution in [3.63, 3.8) is 0 Å². The molecular formula is C26H36N4O3. The van der Waals surface area contributed by atoms with Gasteiger partial charge in [0.25, 0.3) is 5.91 Å². The van der Waals surface area contributed by atoms with Gasteiger partial charge in [0.2, 0.25) is 0 Å². The summed E-state index contributed by atoms with van der Waals surface area (Å²) >= 11 is 0. The zero-order chi connectivity index (χ0) is 24.0. The number of piperazine rings is 1. The standard InChI is InChI=1S/C24H30N4O3.C2H6/c1-3-6-21(30)24(31)28-13-11-27(12-14-28)23-17-10-9-16(2)15-19(17)25-22(26-23)18-7-4-5-8-20(18)29;1-2/h7-10,15,21,29-30H,3-6,11-14H2,1-2H3;1-2H3. The molecule has 4 rings (SSSR count). The number of benzene rings is 1. The normalized spacial score (nSPS) is 17.1. The Morgan fingerprint density at radius 1 is 1.09 bits per heavy atom. The predicted molar refractivity (Wildman–Crippen MR) is 133 cm³/mol. The second kappa shape index (κ2) is 11.3. The summed E-state index contributed by atoms with van der Waals surface area (Å²) in [4.78, 5) is 26.0. The number of amides is 1. The summed E-state index contributed by atoms with van der Waals surface area (Å²) in [6.45, 7) is 10.3. The monoisotopic (exact) mass is 452 g/mol. The van der Waals surface area contributed by atoms with Crippen LogP contribution in [-0.4, -0.2) is 63.3 Å². The molecule has 0 bridgehead atoms. The molecule has 1 unspecified atom stereocenters. The summed E-state index contributed by atoms with van der Waals surface area (Å²) in [5.41, 5.74) is 2.63. The number of anilines is 1. The lowest BCUT2D eigenvalue weighted by molar-refractivity contribution is -0.140. The Kier molecular flexibility index (Phi) is 8.44. The van der Waals surface area contributed by atoms with Crippen LogP contribution in [0.5, 0.6) is 0 Å². The van der Waals surface area contributed by atoms with Crippen LogP contribution in [-0.2, 0) is 4.79 Å². The van der Waals surface area contributed by atoms with Crippen molar-refractivity contribution in [2.45, 2.75) is 59.5 Å². The van der Waals surface area contributed by atoms with Gasteiger partial charge in [0.1, 0.15) is 17.7 Å². The first-order valence-corrected chi connectivity index (χ1v) is 12.1. The molecule has 1 aliphatic carbocycles. The molecule has 2 aliphatic rings. The van der Waals surface area contributed by atoms with Crippen LogP contribution in [0.3, 0.4) is 0 Å². The van der Waals surface area contributed by atoms with E-state index >= 15 is 0 Å². The molecule has 1 fully saturated rings. The fourth-order valence-corrected chi connectivity index (χ4v) is 4.20. The van der Waals surface area contributed by atoms with Gasteiger partial charge in [-0.1, -0.05) is 39.3 Å². The number of rotatable bonds is 5. The molecule has 178 valence electrons. The molecule has 0 saturated carbocycles. The average molecular weight is 453 g/mol. The van der Waals surface area contributed by atoms with E-state index in [4.69, 9.17) is 9.97 Å². The number of aliphatic hydroxyl groups is 2. The maximum Gasteiger partial charge on any atom is 0.251 e. The van der Waals surface area contributed by atoms with E-state index in [1.165, 1.54) is 0 Å². The minimum atomic E-state index is -0.918. The summed E-state index contributed by atoms with van der Waals surface area (Å²) < 4.78 is 0. The van der Waals surface area contributed by atoms with Crippen LogP contribution < -0.4 is 4.90 Å². The fraction of sp³-hybridized carbons (Fsp3) is 0.500. The Morgan fingerprint density at radius 3 is 2.45 bits per heavy atom. The largest absolute Gasteiger partial charge is 0.508 e. The number of fused-ring (bicyclic) bond motifs is 1. The third-order valence-corrected chi connectivity index (χ3v) is 5.94. The predicted octanol–water partition coefficient (Wildman–Crippen LogP) is 4.39. The molecule has 33 heavy (non-hydrogen) atoms. The first-order valence-electron chi connectivity index (χ1n) is 12.1. The van der Waals surface area contributed by atoms with Crippen LogP contribution in [0.2, 0.25) is 0 Å². The SMILES string of the molecule is CC.CCCC(O)C(=O)N1CCN(c2nc(C3=CCCC=C3O)nc3cc(C)ccc23)CC1. The fourth-order valence-electron chi connectivity index (χ4n) is 4.20. The lowest BCUT2D eigenvalue weighted by Gasteiger charge is -2.36. The number of aromatic nitrogens is 2. The molecule has 2 N–H and O–H groups in total. The van der Waals surface area contributed by atoms with E-state index in [-0.39, 0.29) is 11.7 Å². The maximum absolute atomic E-state index is 12.5. The minimum absolute atomic E-state index is 0.187. The second-order valence-corrected chi connectivity index (χ2v) is 8.29. The molecule has 1 aromatic carbocycles. The molecule has 2 heterocycles. The van der Waals surface area contributed by atoms with E-state index in [1.54, 1.807) is 4.90 Å². The van der Waals surface area contributed by atoms with Gasteiger partial charge in [-0.05, 0) is 50.0 Å². The Hall–Kier alpha value is -2.93. The third-order valence-electron chi connectivity index (χ3n) is 5.94. The molecule has 1 aliphatic heterocycles. The van der Waals surface area contributed by atoms with E-state index in [0.717, 1.165) is 41.5 Å². The van der Waals surface area contributed by atoms with Gasteiger partial charge < -0.3 is 20.0 Å². The van der Waals surface area contributed by atoms with E-state index in [2.05, 4.69) is 4.90 Å². The average Bonchev–Trinajstić information content (AvgIpc) is 2.84. The van der Waals surface area contributed by atoms with Gasteiger partial charge in [0.15, 0.2) is 5.82 Å². The summed E-state index contributed by atoms with van der Waals surface area (Å²) in [7, 11) is 0. The first kappa shape index (κ1) is 24.7. The van der Waals surface area contributed by atoms with Crippen LogP contribution in [0, 0.1) is 6.92 Å². The lowest BCUT2D eigenvalue weighted by atomic mass is 10.0. The molecule has 0 spiro atoms. The maximum atomic E-state index is 12.5. The van der Waals surface area contributed by atoms with Crippen molar-refractivity contribution < 1.29 is 15.0 Å². The summed E-state index contributed by atoms with van der Waals surface area (Å²) in [6.07, 6.45) is 5.81. The molecule has 1 atom stereocenters. The molecule has 1 aromatic heterocycles. The van der Waals surface area contributed by atoms with Crippen LogP contribution in [0.15, 0.2) is 36.1 Å². The van der Waals surface area contributed by atoms with Crippen molar-refractivity contribution in [2.75, 3.05) is 31.1 Å². The smallest absolute Gasteiger partial charge is 0.251 e. The molecule has 1 saturated heterocycles. The number of carbonyl (C=O) groups excluding carboxylic acids is 1. The topological polar surface area (TPSA) is 89.8 Å². The van der Waals surface area contributed by atoms with Crippen molar-refractivity contribution >= 4 is 28.2 Å². The molecular weight excluding hydrogens is 416 g/mol. The number of aliphatic hydroxyl groups excluding tert-OH is 2. The van der Waals surface area contributed by atoms with Crippen molar-refractivity contribution in [1.82, 2.24) is 14.9 Å². The lowest BCUT2D eigenvalue weighted by Crippen LogP contribution is -2.51. The molecule has 7 nitrogen and oxygen atoms in total. The van der Waals surface area contributed by atoms with Crippen LogP contribution in [0.1, 0.15) is 57.8 Å². The highest BCUT2D eigenvalue weighted by Gasteiger charge is 2.27. The van der Waals surface area contributed by atoms with Gasteiger partial charge >= 0.3 is 0 Å². The summed E-state index contributed by atoms with van der Waals surface area (Å²) in [5, 5.41) is 21.4. The zero-order valence-electron chi connectivity index (χ0n) is 20.2. The van der Waals surface area contributed by atoms with Gasteiger partial charge in [-0.25, -0.2) is 9.97 Å². The highest BCUT2D eigenvalue weighted by atomic mass is 16.3. The number of hydrogen-bond donors (Lipinski definition) is 2. The summed E-state index contributed by atoms with van der Waals surface area (Å²) in [6, 6.07) is 6.12. The van der Waals surface area contributed by atoms with Crippen LogP contribution in [0.25, 0.3) is 16.5 Å². The Labute approximate surface area is 196 Å². The molecule has 2 aromatic rings. The third kappa shape index (κ3) is 5.53. The van der Waals surface area contributed by atoms with Gasteiger partial charge in [-0.15, -0.1) is 0 Å². The van der Waals surface area contributed by atoms with E-state index in [9.17, 15) is 15.0 Å². The van der Waals surface area contributed by atoms with Crippen molar-refractivity contribution in [2.24, 2.45) is 0 Å². The minimum Gasteiger partial charge on any atom is -0.508 e. The summed E-state index contributed by atoms with van der Waals surface area (Å²) in [5.74, 6) is 1.39. The number of nitrogens with zero attached hydrogens (tertiary/aromatic N) is 4. The van der Waals surface area contributed by atoms with E-state index in [0.29, 0.717) is 44.0 Å². The first-order chi connectivity index (χ1) is 16.0. The van der Waals surface area contributed by atoms with Crippen molar-refractivity contribution in [3.05, 3.63) is 47.5 Å². The highest BCUT2D eigenvalue weighted by molar-refractivity contribution is 5.92. The second-order valence-electron chi connectivity index (χ2n) is 8.29. The van der Waals surface area contributed by atoms with Gasteiger partial charge in [0.05, 0.1) is 11.1 Å². The Bertz CT molecular complexity index is 1040. The Balaban J connectivity index is 0.00000149. The number of allylic oxidation sites excluding steroid dienone is 3. The molecule has 7 heteroatoms. The van der Waals surface area contributed by atoms with Gasteiger partial charge in [-0.3, -0.25) is 4.79 Å². The Morgan fingerprint density at radius 2 is 1.79 bits per heavy atom. The number of carbonyl (C=O) groups is 1. The van der Waals surface area contributed by atoms with Gasteiger partial charge in [-0.2, -0.15) is 0 Å². The molecule has 1 amide bonds. The van der Waals surface area contributed by atoms with Crippen LogP contribution >= 0.6 is 0 Å². The van der Waals surface area contributed by atoms with Crippen molar-refractivity contribution in [3.8, 4) is 0 Å². The van der Waals surface area contributed by atoms with Crippen molar-refractivity contribution in [1.29, 1.82) is 0 Å². The van der Waals surface area contributed by atoms with Gasteiger partial charge in [0, 0.05) is 31.6 Å². The molecule has 0 radical (unpaired) electrons. The van der Waals surface area contributed by atoms with Crippen LogP contribution in [0.4, 0.5) is 5.82 Å². The number of aryl methyl sites for hydroxylation is 1.